The highest BCUT2D eigenvalue weighted by molar-refractivity contribution is 5.57. The molecule has 0 amide bonds. The first-order valence-corrected chi connectivity index (χ1v) is 10.5. The molecule has 5 heterocycles. The molecule has 1 fully saturated rings. The fourth-order valence-electron chi connectivity index (χ4n) is 4.09. The number of piperazine rings is 1. The van der Waals surface area contributed by atoms with Crippen molar-refractivity contribution in [3.63, 3.8) is 0 Å². The van der Waals surface area contributed by atoms with Crippen molar-refractivity contribution < 1.29 is 0 Å². The molecule has 0 unspecified atom stereocenters. The van der Waals surface area contributed by atoms with E-state index in [0.29, 0.717) is 5.78 Å². The Bertz CT molecular complexity index is 1220. The van der Waals surface area contributed by atoms with Crippen molar-refractivity contribution in [2.45, 2.75) is 40.0 Å². The zero-order valence-corrected chi connectivity index (χ0v) is 18.3. The second-order valence-corrected chi connectivity index (χ2v) is 9.12. The van der Waals surface area contributed by atoms with E-state index >= 15 is 0 Å². The summed E-state index contributed by atoms with van der Waals surface area (Å²) in [4.78, 5) is 18.4. The summed E-state index contributed by atoms with van der Waals surface area (Å²) < 4.78 is 4.02. The number of anilines is 2. The molecule has 0 saturated carbocycles. The van der Waals surface area contributed by atoms with Gasteiger partial charge in [0.15, 0.2) is 0 Å². The molecule has 0 spiro atoms. The Morgan fingerprint density at radius 3 is 2.37 bits per heavy atom. The summed E-state index contributed by atoms with van der Waals surface area (Å²) in [5, 5.41) is 4.41. The lowest BCUT2D eigenvalue weighted by molar-refractivity contribution is 0.573. The molecule has 0 aromatic carbocycles. The van der Waals surface area contributed by atoms with Gasteiger partial charge in [0.25, 0.3) is 5.78 Å². The number of aromatic nitrogens is 6. The predicted molar refractivity (Wildman–Crippen MR) is 119 cm³/mol. The molecule has 1 aliphatic rings. The zero-order valence-electron chi connectivity index (χ0n) is 18.3. The van der Waals surface area contributed by atoms with Crippen LogP contribution in [0.25, 0.3) is 11.4 Å². The molecular weight excluding hydrogens is 376 g/mol. The topological polar surface area (TPSA) is 66.9 Å². The highest BCUT2D eigenvalue weighted by Gasteiger charge is 2.23. The molecule has 1 saturated heterocycles. The summed E-state index contributed by atoms with van der Waals surface area (Å²) in [7, 11) is 0. The Balaban J connectivity index is 1.39. The van der Waals surface area contributed by atoms with Crippen LogP contribution in [0.1, 0.15) is 37.7 Å². The van der Waals surface area contributed by atoms with Gasteiger partial charge >= 0.3 is 0 Å². The summed E-state index contributed by atoms with van der Waals surface area (Å²) in [6, 6.07) is 4.30. The smallest absolute Gasteiger partial charge is 0.254 e. The first-order chi connectivity index (χ1) is 14.3. The lowest BCUT2D eigenvalue weighted by Gasteiger charge is -2.37. The van der Waals surface area contributed by atoms with Crippen LogP contribution in [0, 0.1) is 13.8 Å². The molecule has 4 aromatic heterocycles. The minimum absolute atomic E-state index is 0.0467. The molecule has 1 aliphatic heterocycles. The highest BCUT2D eigenvalue weighted by Crippen LogP contribution is 2.26. The van der Waals surface area contributed by atoms with E-state index in [9.17, 15) is 0 Å². The van der Waals surface area contributed by atoms with Gasteiger partial charge in [0.05, 0.1) is 11.4 Å². The number of nitrogens with zero attached hydrogens (tertiary/aromatic N) is 8. The fourth-order valence-corrected chi connectivity index (χ4v) is 4.09. The molecule has 0 N–H and O–H groups in total. The van der Waals surface area contributed by atoms with Gasteiger partial charge in [-0.25, -0.2) is 9.97 Å². The molecule has 4 aromatic rings. The third-order valence-electron chi connectivity index (χ3n) is 6.02. The minimum atomic E-state index is 0.0467. The second kappa shape index (κ2) is 6.68. The lowest BCUT2D eigenvalue weighted by atomic mass is 9.93. The van der Waals surface area contributed by atoms with E-state index < -0.39 is 0 Å². The number of aryl methyl sites for hydroxylation is 1. The fraction of sp³-hybridized carbons (Fsp3) is 0.455. The van der Waals surface area contributed by atoms with Crippen molar-refractivity contribution in [2.24, 2.45) is 0 Å². The van der Waals surface area contributed by atoms with Gasteiger partial charge < -0.3 is 14.2 Å². The summed E-state index contributed by atoms with van der Waals surface area (Å²) in [6.07, 6.45) is 5.93. The Labute approximate surface area is 176 Å². The second-order valence-electron chi connectivity index (χ2n) is 9.12. The molecule has 0 atom stereocenters. The van der Waals surface area contributed by atoms with Crippen molar-refractivity contribution in [2.75, 3.05) is 36.0 Å². The monoisotopic (exact) mass is 404 g/mol. The van der Waals surface area contributed by atoms with Gasteiger partial charge in [-0.2, -0.15) is 14.6 Å². The van der Waals surface area contributed by atoms with E-state index in [0.717, 1.165) is 54.6 Å². The maximum absolute atomic E-state index is 4.78. The van der Waals surface area contributed by atoms with Gasteiger partial charge in [-0.05, 0) is 26.0 Å². The number of pyridine rings is 1. The number of fused-ring (bicyclic) bond motifs is 2. The summed E-state index contributed by atoms with van der Waals surface area (Å²) in [5.74, 6) is 1.77. The van der Waals surface area contributed by atoms with Crippen LogP contribution in [0.15, 0.2) is 30.9 Å². The number of imidazole rings is 1. The molecular formula is C22H28N8. The molecule has 8 heteroatoms. The van der Waals surface area contributed by atoms with E-state index in [4.69, 9.17) is 4.98 Å². The van der Waals surface area contributed by atoms with E-state index in [2.05, 4.69) is 81.5 Å². The molecule has 30 heavy (non-hydrogen) atoms. The number of hydrogen-bond donors (Lipinski definition) is 0. The van der Waals surface area contributed by atoms with Crippen LogP contribution in [0.5, 0.6) is 0 Å². The molecule has 0 radical (unpaired) electrons. The van der Waals surface area contributed by atoms with Gasteiger partial charge in [-0.3, -0.25) is 0 Å². The molecule has 0 bridgehead atoms. The normalized spacial score (nSPS) is 15.5. The van der Waals surface area contributed by atoms with Crippen LogP contribution in [0.4, 0.5) is 11.5 Å². The van der Waals surface area contributed by atoms with Crippen LogP contribution in [-0.4, -0.2) is 55.1 Å². The summed E-state index contributed by atoms with van der Waals surface area (Å²) >= 11 is 0. The first kappa shape index (κ1) is 18.8. The number of rotatable bonds is 2. The third kappa shape index (κ3) is 3.07. The maximum atomic E-state index is 4.78. The van der Waals surface area contributed by atoms with Gasteiger partial charge in [-0.15, -0.1) is 0 Å². The standard InChI is InChI=1S/C22H28N8/c1-15-16(2)25-21-23-14-24-30(21)20(15)28-10-8-27(9-11-28)17-6-7-19-26-18(22(3,4)5)13-29(19)12-17/h6-7,12-14H,8-11H2,1-5H3. The minimum Gasteiger partial charge on any atom is -0.367 e. The Morgan fingerprint density at radius 2 is 1.63 bits per heavy atom. The third-order valence-corrected chi connectivity index (χ3v) is 6.02. The van der Waals surface area contributed by atoms with E-state index in [1.807, 2.05) is 11.4 Å². The zero-order chi connectivity index (χ0) is 21.0. The van der Waals surface area contributed by atoms with Gasteiger partial charge in [0.1, 0.15) is 17.8 Å². The molecule has 5 rings (SSSR count). The predicted octanol–water partition coefficient (Wildman–Crippen LogP) is 3.01. The molecule has 0 aliphatic carbocycles. The van der Waals surface area contributed by atoms with Crippen molar-refractivity contribution in [3.8, 4) is 0 Å². The van der Waals surface area contributed by atoms with Crippen LogP contribution in [0.3, 0.4) is 0 Å². The summed E-state index contributed by atoms with van der Waals surface area (Å²) in [6.45, 7) is 14.5. The lowest BCUT2D eigenvalue weighted by Crippen LogP contribution is -2.47. The van der Waals surface area contributed by atoms with E-state index in [-0.39, 0.29) is 5.41 Å². The molecule has 8 nitrogen and oxygen atoms in total. The Kier molecular flexibility index (Phi) is 4.20. The Morgan fingerprint density at radius 1 is 0.900 bits per heavy atom. The summed E-state index contributed by atoms with van der Waals surface area (Å²) in [5.41, 5.74) is 5.56. The van der Waals surface area contributed by atoms with Crippen molar-refractivity contribution in [3.05, 3.63) is 47.8 Å². The van der Waals surface area contributed by atoms with E-state index in [1.165, 1.54) is 5.69 Å². The van der Waals surface area contributed by atoms with Crippen LogP contribution < -0.4 is 9.80 Å². The first-order valence-electron chi connectivity index (χ1n) is 10.5. The largest absolute Gasteiger partial charge is 0.367 e. The quantitative estimate of drug-likeness (QED) is 0.512. The van der Waals surface area contributed by atoms with Gasteiger partial charge in [-0.1, -0.05) is 20.8 Å². The van der Waals surface area contributed by atoms with Crippen molar-refractivity contribution >= 4 is 22.9 Å². The highest BCUT2D eigenvalue weighted by atomic mass is 15.4. The van der Waals surface area contributed by atoms with Crippen LogP contribution >= 0.6 is 0 Å². The average molecular weight is 405 g/mol. The average Bonchev–Trinajstić information content (AvgIpc) is 3.35. The van der Waals surface area contributed by atoms with Gasteiger partial charge in [0, 0.05) is 55.2 Å². The van der Waals surface area contributed by atoms with Gasteiger partial charge in [0.2, 0.25) is 0 Å². The SMILES string of the molecule is Cc1nc2ncnn2c(N2CCN(c3ccc4nc(C(C)(C)C)cn4c3)CC2)c1C. The van der Waals surface area contributed by atoms with Crippen molar-refractivity contribution in [1.82, 2.24) is 29.0 Å². The van der Waals surface area contributed by atoms with E-state index in [1.54, 1.807) is 6.33 Å². The number of hydrogen-bond acceptors (Lipinski definition) is 6. The van der Waals surface area contributed by atoms with Crippen LogP contribution in [0.2, 0.25) is 0 Å². The molecule has 156 valence electrons. The van der Waals surface area contributed by atoms with Crippen molar-refractivity contribution in [1.29, 1.82) is 0 Å². The maximum Gasteiger partial charge on any atom is 0.254 e. The Hall–Kier alpha value is -3.16. The van der Waals surface area contributed by atoms with Crippen LogP contribution in [-0.2, 0) is 5.41 Å².